The minimum Gasteiger partial charge on any atom is -0.409 e. The zero-order chi connectivity index (χ0) is 12.3. The smallest absolute Gasteiger partial charge is 0.161 e. The average Bonchev–Trinajstić information content (AvgIpc) is 2.38. The first-order valence-electron chi connectivity index (χ1n) is 6.07. The summed E-state index contributed by atoms with van der Waals surface area (Å²) >= 11 is 0. The number of amidine groups is 1. The van der Waals surface area contributed by atoms with Crippen LogP contribution in [0.3, 0.4) is 0 Å². The van der Waals surface area contributed by atoms with Gasteiger partial charge in [0.05, 0.1) is 6.04 Å². The fourth-order valence-electron chi connectivity index (χ4n) is 2.31. The first-order valence-corrected chi connectivity index (χ1v) is 6.07. The van der Waals surface area contributed by atoms with Crippen molar-refractivity contribution in [2.24, 2.45) is 10.9 Å². The van der Waals surface area contributed by atoms with E-state index in [9.17, 15) is 0 Å². The van der Waals surface area contributed by atoms with Gasteiger partial charge >= 0.3 is 0 Å². The predicted molar refractivity (Wildman–Crippen MR) is 69.6 cm³/mol. The third kappa shape index (κ3) is 2.52. The van der Waals surface area contributed by atoms with Gasteiger partial charge in [0.1, 0.15) is 0 Å². The third-order valence-electron chi connectivity index (χ3n) is 3.33. The lowest BCUT2D eigenvalue weighted by Gasteiger charge is -2.22. The molecule has 1 atom stereocenters. The van der Waals surface area contributed by atoms with Crippen LogP contribution in [-0.4, -0.2) is 17.1 Å². The van der Waals surface area contributed by atoms with E-state index in [2.05, 4.69) is 28.7 Å². The number of rotatable bonds is 3. The van der Waals surface area contributed by atoms with E-state index in [0.717, 1.165) is 18.5 Å². The molecule has 1 aromatic carbocycles. The summed E-state index contributed by atoms with van der Waals surface area (Å²) in [4.78, 5) is 0. The standard InChI is InChI=1S/C13H19N3O/c1-9(13(14)16-17)15-12-8-4-6-10-5-2-3-7-11(10)12/h4,6,8-9,15,17H,2-3,5,7H2,1H3,(H2,14,16). The van der Waals surface area contributed by atoms with Crippen LogP contribution in [0.15, 0.2) is 23.4 Å². The molecule has 4 nitrogen and oxygen atoms in total. The molecular formula is C13H19N3O. The number of nitrogens with zero attached hydrogens (tertiary/aromatic N) is 1. The molecule has 4 heteroatoms. The largest absolute Gasteiger partial charge is 0.409 e. The first kappa shape index (κ1) is 11.8. The molecule has 0 bridgehead atoms. The van der Waals surface area contributed by atoms with Crippen LogP contribution in [0.1, 0.15) is 30.9 Å². The summed E-state index contributed by atoms with van der Waals surface area (Å²) in [6, 6.07) is 6.15. The quantitative estimate of drug-likeness (QED) is 0.324. The zero-order valence-corrected chi connectivity index (χ0v) is 10.1. The van der Waals surface area contributed by atoms with Crippen LogP contribution in [0.2, 0.25) is 0 Å². The molecule has 0 amide bonds. The highest BCUT2D eigenvalue weighted by molar-refractivity contribution is 5.87. The Bertz CT molecular complexity index is 429. The van der Waals surface area contributed by atoms with E-state index in [1.165, 1.54) is 24.0 Å². The second-order valence-corrected chi connectivity index (χ2v) is 4.54. The van der Waals surface area contributed by atoms with Crippen LogP contribution in [0.4, 0.5) is 5.69 Å². The average molecular weight is 233 g/mol. The summed E-state index contributed by atoms with van der Waals surface area (Å²) in [5.41, 5.74) is 9.50. The molecule has 0 saturated heterocycles. The van der Waals surface area contributed by atoms with Gasteiger partial charge in [-0.3, -0.25) is 0 Å². The van der Waals surface area contributed by atoms with Crippen LogP contribution in [-0.2, 0) is 12.8 Å². The van der Waals surface area contributed by atoms with Gasteiger partial charge < -0.3 is 16.3 Å². The molecule has 0 saturated carbocycles. The van der Waals surface area contributed by atoms with E-state index in [1.807, 2.05) is 6.92 Å². The van der Waals surface area contributed by atoms with Crippen molar-refractivity contribution < 1.29 is 5.21 Å². The molecule has 2 rings (SSSR count). The normalized spacial score (nSPS) is 17.4. The van der Waals surface area contributed by atoms with Gasteiger partial charge in [-0.05, 0) is 49.8 Å². The SMILES string of the molecule is CC(Nc1cccc2c1CCCC2)C(N)=NO. The van der Waals surface area contributed by atoms with Crippen molar-refractivity contribution in [1.82, 2.24) is 0 Å². The first-order chi connectivity index (χ1) is 8.22. The molecule has 1 aliphatic rings. The summed E-state index contributed by atoms with van der Waals surface area (Å²) in [6.07, 6.45) is 4.78. The number of oxime groups is 1. The highest BCUT2D eigenvalue weighted by Gasteiger charge is 2.15. The van der Waals surface area contributed by atoms with Crippen molar-refractivity contribution in [2.75, 3.05) is 5.32 Å². The number of anilines is 1. The van der Waals surface area contributed by atoms with Gasteiger partial charge in [0, 0.05) is 5.69 Å². The van der Waals surface area contributed by atoms with Crippen molar-refractivity contribution in [2.45, 2.75) is 38.6 Å². The van der Waals surface area contributed by atoms with Gasteiger partial charge in [0.25, 0.3) is 0 Å². The lowest BCUT2D eigenvalue weighted by atomic mass is 9.90. The number of hydrogen-bond acceptors (Lipinski definition) is 3. The van der Waals surface area contributed by atoms with Gasteiger partial charge in [-0.25, -0.2) is 0 Å². The zero-order valence-electron chi connectivity index (χ0n) is 10.1. The summed E-state index contributed by atoms with van der Waals surface area (Å²) in [6.45, 7) is 1.89. The fourth-order valence-corrected chi connectivity index (χ4v) is 2.31. The van der Waals surface area contributed by atoms with E-state index in [0.29, 0.717) is 0 Å². The number of nitrogens with one attached hydrogen (secondary N) is 1. The van der Waals surface area contributed by atoms with Crippen molar-refractivity contribution in [1.29, 1.82) is 0 Å². The third-order valence-corrected chi connectivity index (χ3v) is 3.33. The van der Waals surface area contributed by atoms with Gasteiger partial charge in [-0.1, -0.05) is 17.3 Å². The van der Waals surface area contributed by atoms with Crippen LogP contribution in [0.5, 0.6) is 0 Å². The maximum atomic E-state index is 8.64. The maximum Gasteiger partial charge on any atom is 0.161 e. The highest BCUT2D eigenvalue weighted by atomic mass is 16.4. The lowest BCUT2D eigenvalue weighted by Crippen LogP contribution is -2.33. The maximum absolute atomic E-state index is 8.64. The molecule has 17 heavy (non-hydrogen) atoms. The number of benzene rings is 1. The van der Waals surface area contributed by atoms with Gasteiger partial charge in [0.2, 0.25) is 0 Å². The van der Waals surface area contributed by atoms with Gasteiger partial charge in [0.15, 0.2) is 5.84 Å². The van der Waals surface area contributed by atoms with Crippen LogP contribution in [0.25, 0.3) is 0 Å². The molecule has 1 unspecified atom stereocenters. The molecule has 1 aliphatic carbocycles. The van der Waals surface area contributed by atoms with Crippen molar-refractivity contribution in [3.8, 4) is 0 Å². The number of hydrogen-bond donors (Lipinski definition) is 3. The molecule has 0 aliphatic heterocycles. The fraction of sp³-hybridized carbons (Fsp3) is 0.462. The van der Waals surface area contributed by atoms with E-state index < -0.39 is 0 Å². The summed E-state index contributed by atoms with van der Waals surface area (Å²) < 4.78 is 0. The molecule has 4 N–H and O–H groups in total. The highest BCUT2D eigenvalue weighted by Crippen LogP contribution is 2.28. The Hall–Kier alpha value is -1.71. The van der Waals surface area contributed by atoms with E-state index >= 15 is 0 Å². The molecule has 1 aromatic rings. The Morgan fingerprint density at radius 2 is 2.18 bits per heavy atom. The van der Waals surface area contributed by atoms with Gasteiger partial charge in [-0.15, -0.1) is 0 Å². The minimum absolute atomic E-state index is 0.159. The van der Waals surface area contributed by atoms with Gasteiger partial charge in [-0.2, -0.15) is 0 Å². The van der Waals surface area contributed by atoms with Crippen LogP contribution < -0.4 is 11.1 Å². The Labute approximate surface area is 102 Å². The lowest BCUT2D eigenvalue weighted by molar-refractivity contribution is 0.316. The van der Waals surface area contributed by atoms with Crippen LogP contribution >= 0.6 is 0 Å². The van der Waals surface area contributed by atoms with E-state index in [1.54, 1.807) is 0 Å². The minimum atomic E-state index is -0.159. The molecule has 0 aromatic heterocycles. The van der Waals surface area contributed by atoms with E-state index in [4.69, 9.17) is 10.9 Å². The van der Waals surface area contributed by atoms with Crippen molar-refractivity contribution in [3.05, 3.63) is 29.3 Å². The Morgan fingerprint density at radius 3 is 2.94 bits per heavy atom. The Kier molecular flexibility index (Phi) is 3.52. The second-order valence-electron chi connectivity index (χ2n) is 4.54. The summed E-state index contributed by atoms with van der Waals surface area (Å²) in [5.74, 6) is 0.207. The summed E-state index contributed by atoms with van der Waals surface area (Å²) in [5, 5.41) is 15.0. The molecular weight excluding hydrogens is 214 g/mol. The number of aryl methyl sites for hydroxylation is 1. The van der Waals surface area contributed by atoms with Crippen LogP contribution in [0, 0.1) is 0 Å². The molecule has 92 valence electrons. The molecule has 0 spiro atoms. The number of fused-ring (bicyclic) bond motifs is 1. The molecule has 0 fully saturated rings. The molecule has 0 radical (unpaired) electrons. The van der Waals surface area contributed by atoms with Crippen molar-refractivity contribution >= 4 is 11.5 Å². The number of nitrogens with two attached hydrogens (primary N) is 1. The Balaban J connectivity index is 2.21. The van der Waals surface area contributed by atoms with E-state index in [-0.39, 0.29) is 11.9 Å². The molecule has 0 heterocycles. The monoisotopic (exact) mass is 233 g/mol. The topological polar surface area (TPSA) is 70.6 Å². The second kappa shape index (κ2) is 5.08. The summed E-state index contributed by atoms with van der Waals surface area (Å²) in [7, 11) is 0. The predicted octanol–water partition coefficient (Wildman–Crippen LogP) is 2.11. The Morgan fingerprint density at radius 1 is 1.41 bits per heavy atom. The van der Waals surface area contributed by atoms with Crippen molar-refractivity contribution in [3.63, 3.8) is 0 Å².